The Labute approximate surface area is 110 Å². The number of ketones is 1. The molecule has 0 N–H and O–H groups in total. The van der Waals surface area contributed by atoms with Gasteiger partial charge in [-0.25, -0.2) is 0 Å². The minimum Gasteiger partial charge on any atom is -0.375 e. The Hall–Kier alpha value is -0.410. The van der Waals surface area contributed by atoms with Gasteiger partial charge in [-0.15, -0.1) is 0 Å². The standard InChI is InChI=1S/C15H25NO2/c1-15(2)10-13(6-7-18-15)16-11-4-3-5-12(16)9-14(17)8-11/h11-13H,3-10H2,1-2H3. The zero-order chi connectivity index (χ0) is 12.8. The smallest absolute Gasteiger partial charge is 0.136 e. The first-order chi connectivity index (χ1) is 8.55. The molecule has 0 aliphatic carbocycles. The first kappa shape index (κ1) is 12.6. The summed E-state index contributed by atoms with van der Waals surface area (Å²) in [6.45, 7) is 5.27. The molecular formula is C15H25NO2. The van der Waals surface area contributed by atoms with Gasteiger partial charge in [0.15, 0.2) is 0 Å². The Bertz CT molecular complexity index is 323. The van der Waals surface area contributed by atoms with Crippen molar-refractivity contribution in [2.45, 2.75) is 82.5 Å². The molecule has 3 heteroatoms. The van der Waals surface area contributed by atoms with Crippen molar-refractivity contribution in [2.24, 2.45) is 0 Å². The third-order valence-corrected chi connectivity index (χ3v) is 4.94. The van der Waals surface area contributed by atoms with E-state index in [1.54, 1.807) is 0 Å². The third kappa shape index (κ3) is 2.35. The van der Waals surface area contributed by atoms with Gasteiger partial charge in [0.25, 0.3) is 0 Å². The predicted molar refractivity (Wildman–Crippen MR) is 70.6 cm³/mol. The van der Waals surface area contributed by atoms with E-state index in [-0.39, 0.29) is 5.60 Å². The molecule has 3 unspecified atom stereocenters. The monoisotopic (exact) mass is 251 g/mol. The van der Waals surface area contributed by atoms with Crippen molar-refractivity contribution in [3.63, 3.8) is 0 Å². The Morgan fingerprint density at radius 1 is 1.11 bits per heavy atom. The molecule has 0 saturated carbocycles. The molecule has 3 fully saturated rings. The van der Waals surface area contributed by atoms with Gasteiger partial charge < -0.3 is 4.74 Å². The summed E-state index contributed by atoms with van der Waals surface area (Å²) in [5.41, 5.74) is 0.0126. The number of rotatable bonds is 1. The lowest BCUT2D eigenvalue weighted by Gasteiger charge is -2.52. The largest absolute Gasteiger partial charge is 0.375 e. The second kappa shape index (κ2) is 4.61. The van der Waals surface area contributed by atoms with Crippen molar-refractivity contribution < 1.29 is 9.53 Å². The van der Waals surface area contributed by atoms with Gasteiger partial charge in [-0.2, -0.15) is 0 Å². The first-order valence-electron chi connectivity index (χ1n) is 7.48. The van der Waals surface area contributed by atoms with Gasteiger partial charge >= 0.3 is 0 Å². The Balaban J connectivity index is 1.76. The van der Waals surface area contributed by atoms with E-state index in [2.05, 4.69) is 18.7 Å². The molecule has 3 aliphatic rings. The Morgan fingerprint density at radius 3 is 2.39 bits per heavy atom. The third-order valence-electron chi connectivity index (χ3n) is 4.94. The molecule has 3 aliphatic heterocycles. The molecule has 0 aromatic rings. The minimum absolute atomic E-state index is 0.0126. The maximum atomic E-state index is 11.8. The molecule has 3 atom stereocenters. The molecule has 0 aromatic carbocycles. The van der Waals surface area contributed by atoms with Crippen LogP contribution in [0.2, 0.25) is 0 Å². The Morgan fingerprint density at radius 2 is 1.78 bits per heavy atom. The number of nitrogens with zero attached hydrogens (tertiary/aromatic N) is 1. The van der Waals surface area contributed by atoms with Crippen LogP contribution in [-0.2, 0) is 9.53 Å². The molecule has 0 amide bonds. The number of piperidine rings is 2. The van der Waals surface area contributed by atoms with Crippen molar-refractivity contribution in [1.82, 2.24) is 4.90 Å². The summed E-state index contributed by atoms with van der Waals surface area (Å²) >= 11 is 0. The number of hydrogen-bond acceptors (Lipinski definition) is 3. The van der Waals surface area contributed by atoms with E-state index < -0.39 is 0 Å². The predicted octanol–water partition coefficient (Wildman–Crippen LogP) is 2.53. The highest BCUT2D eigenvalue weighted by Gasteiger charge is 2.43. The number of Topliss-reactive ketones (excluding diaryl/α,β-unsaturated/α-hetero) is 1. The minimum atomic E-state index is 0.0126. The van der Waals surface area contributed by atoms with E-state index in [9.17, 15) is 4.79 Å². The second-order valence-corrected chi connectivity index (χ2v) is 6.89. The molecule has 3 heterocycles. The zero-order valence-corrected chi connectivity index (χ0v) is 11.7. The van der Waals surface area contributed by atoms with Crippen molar-refractivity contribution in [3.05, 3.63) is 0 Å². The summed E-state index contributed by atoms with van der Waals surface area (Å²) in [5, 5.41) is 0. The quantitative estimate of drug-likeness (QED) is 0.717. The summed E-state index contributed by atoms with van der Waals surface area (Å²) in [4.78, 5) is 14.5. The fourth-order valence-electron chi connectivity index (χ4n) is 4.26. The van der Waals surface area contributed by atoms with Crippen LogP contribution in [-0.4, -0.2) is 41.0 Å². The van der Waals surface area contributed by atoms with Gasteiger partial charge in [-0.05, 0) is 39.5 Å². The molecule has 2 bridgehead atoms. The van der Waals surface area contributed by atoms with Crippen LogP contribution in [0.1, 0.15) is 58.8 Å². The number of ether oxygens (including phenoxy) is 1. The van der Waals surface area contributed by atoms with Crippen LogP contribution in [0, 0.1) is 0 Å². The van der Waals surface area contributed by atoms with E-state index in [0.717, 1.165) is 32.3 Å². The highest BCUT2D eigenvalue weighted by Crippen LogP contribution is 2.38. The van der Waals surface area contributed by atoms with Crippen molar-refractivity contribution >= 4 is 5.78 Å². The van der Waals surface area contributed by atoms with Gasteiger partial charge in [0.05, 0.1) is 5.60 Å². The van der Waals surface area contributed by atoms with Crippen molar-refractivity contribution in [1.29, 1.82) is 0 Å². The van der Waals surface area contributed by atoms with Crippen LogP contribution in [0.15, 0.2) is 0 Å². The normalized spacial score (nSPS) is 40.8. The van der Waals surface area contributed by atoms with Crippen molar-refractivity contribution in [2.75, 3.05) is 6.61 Å². The fourth-order valence-corrected chi connectivity index (χ4v) is 4.26. The Kier molecular flexibility index (Phi) is 3.23. The maximum absolute atomic E-state index is 11.8. The van der Waals surface area contributed by atoms with Crippen LogP contribution in [0.4, 0.5) is 0 Å². The van der Waals surface area contributed by atoms with Crippen LogP contribution >= 0.6 is 0 Å². The van der Waals surface area contributed by atoms with Gasteiger partial charge in [0, 0.05) is 37.6 Å². The highest BCUT2D eigenvalue weighted by atomic mass is 16.5. The first-order valence-corrected chi connectivity index (χ1v) is 7.48. The summed E-state index contributed by atoms with van der Waals surface area (Å²) in [6.07, 6.45) is 7.62. The lowest BCUT2D eigenvalue weighted by atomic mass is 9.80. The lowest BCUT2D eigenvalue weighted by molar-refractivity contribution is -0.136. The van der Waals surface area contributed by atoms with Crippen molar-refractivity contribution in [3.8, 4) is 0 Å². The summed E-state index contributed by atoms with van der Waals surface area (Å²) < 4.78 is 5.84. The van der Waals surface area contributed by atoms with E-state index in [4.69, 9.17) is 4.74 Å². The van der Waals surface area contributed by atoms with E-state index in [1.165, 1.54) is 19.3 Å². The topological polar surface area (TPSA) is 29.5 Å². The van der Waals surface area contributed by atoms with Gasteiger partial charge in [-0.1, -0.05) is 6.42 Å². The molecule has 3 saturated heterocycles. The molecule has 102 valence electrons. The van der Waals surface area contributed by atoms with Crippen LogP contribution < -0.4 is 0 Å². The lowest BCUT2D eigenvalue weighted by Crippen LogP contribution is -2.59. The highest BCUT2D eigenvalue weighted by molar-refractivity contribution is 5.80. The van der Waals surface area contributed by atoms with E-state index >= 15 is 0 Å². The van der Waals surface area contributed by atoms with E-state index in [0.29, 0.717) is 23.9 Å². The molecule has 3 nitrogen and oxygen atoms in total. The fraction of sp³-hybridized carbons (Fsp3) is 0.933. The molecule has 0 aromatic heterocycles. The van der Waals surface area contributed by atoms with Gasteiger partial charge in [0.1, 0.15) is 5.78 Å². The average Bonchev–Trinajstić information content (AvgIpc) is 2.26. The van der Waals surface area contributed by atoms with Gasteiger partial charge in [0.2, 0.25) is 0 Å². The van der Waals surface area contributed by atoms with Crippen LogP contribution in [0.5, 0.6) is 0 Å². The molecular weight excluding hydrogens is 226 g/mol. The van der Waals surface area contributed by atoms with E-state index in [1.807, 2.05) is 0 Å². The summed E-state index contributed by atoms with van der Waals surface area (Å²) in [6, 6.07) is 1.70. The number of fused-ring (bicyclic) bond motifs is 2. The maximum Gasteiger partial charge on any atom is 0.136 e. The SMILES string of the molecule is CC1(C)CC(N2C3CCCC2CC(=O)C3)CCO1. The molecule has 0 spiro atoms. The number of hydrogen-bond donors (Lipinski definition) is 0. The van der Waals surface area contributed by atoms with Crippen LogP contribution in [0.3, 0.4) is 0 Å². The average molecular weight is 251 g/mol. The zero-order valence-electron chi connectivity index (χ0n) is 11.7. The summed E-state index contributed by atoms with van der Waals surface area (Å²) in [5.74, 6) is 0.493. The molecule has 18 heavy (non-hydrogen) atoms. The molecule has 3 rings (SSSR count). The number of carbonyl (C=O) groups is 1. The second-order valence-electron chi connectivity index (χ2n) is 6.89. The number of carbonyl (C=O) groups excluding carboxylic acids is 1. The van der Waals surface area contributed by atoms with Gasteiger partial charge in [-0.3, -0.25) is 9.69 Å². The molecule has 0 radical (unpaired) electrons. The summed E-state index contributed by atoms with van der Waals surface area (Å²) in [7, 11) is 0. The van der Waals surface area contributed by atoms with Crippen LogP contribution in [0.25, 0.3) is 0 Å².